The molecule has 2 N–H and O–H groups in total. The van der Waals surface area contributed by atoms with E-state index in [1.807, 2.05) is 0 Å². The molecule has 1 aliphatic heterocycles. The van der Waals surface area contributed by atoms with Crippen LogP contribution in [-0.4, -0.2) is 24.5 Å². The van der Waals surface area contributed by atoms with Crippen molar-refractivity contribution in [2.75, 3.05) is 6.54 Å². The molecule has 0 aromatic carbocycles. The van der Waals surface area contributed by atoms with E-state index < -0.39 is 0 Å². The van der Waals surface area contributed by atoms with Crippen LogP contribution in [0.2, 0.25) is 0 Å². The highest BCUT2D eigenvalue weighted by atomic mass is 16.2. The van der Waals surface area contributed by atoms with Gasteiger partial charge in [0.25, 0.3) is 0 Å². The summed E-state index contributed by atoms with van der Waals surface area (Å²) < 4.78 is 0. The van der Waals surface area contributed by atoms with E-state index >= 15 is 0 Å². The van der Waals surface area contributed by atoms with E-state index in [-0.39, 0.29) is 11.9 Å². The van der Waals surface area contributed by atoms with E-state index in [4.69, 9.17) is 0 Å². The molecular formula is C14H26N2O. The molecule has 0 aromatic rings. The van der Waals surface area contributed by atoms with E-state index in [1.165, 1.54) is 19.3 Å². The highest BCUT2D eigenvalue weighted by Gasteiger charge is 2.27. The van der Waals surface area contributed by atoms with Gasteiger partial charge in [0.15, 0.2) is 0 Å². The van der Waals surface area contributed by atoms with Gasteiger partial charge in [-0.2, -0.15) is 0 Å². The van der Waals surface area contributed by atoms with Gasteiger partial charge in [-0.05, 0) is 50.5 Å². The minimum absolute atomic E-state index is 0.0660. The number of rotatable bonds is 2. The molecule has 2 aliphatic rings. The fourth-order valence-electron chi connectivity index (χ4n) is 3.44. The molecule has 0 aromatic heterocycles. The molecule has 3 atom stereocenters. The van der Waals surface area contributed by atoms with Gasteiger partial charge >= 0.3 is 0 Å². The second-order valence-electron chi connectivity index (χ2n) is 6.13. The molecule has 2 rings (SSSR count). The van der Waals surface area contributed by atoms with Crippen LogP contribution in [0.25, 0.3) is 0 Å². The minimum atomic E-state index is 0.0660. The molecule has 1 aliphatic carbocycles. The van der Waals surface area contributed by atoms with Crippen LogP contribution in [0.4, 0.5) is 0 Å². The molecule has 0 radical (unpaired) electrons. The number of nitrogens with one attached hydrogen (secondary N) is 2. The van der Waals surface area contributed by atoms with Crippen molar-refractivity contribution in [2.24, 2.45) is 11.8 Å². The first-order valence-corrected chi connectivity index (χ1v) is 7.19. The summed E-state index contributed by atoms with van der Waals surface area (Å²) in [6.07, 6.45) is 7.02. The normalized spacial score (nSPS) is 38.7. The fourth-order valence-corrected chi connectivity index (χ4v) is 3.44. The lowest BCUT2D eigenvalue weighted by atomic mass is 9.80. The van der Waals surface area contributed by atoms with Crippen LogP contribution in [0.3, 0.4) is 0 Å². The third kappa shape index (κ3) is 3.70. The summed E-state index contributed by atoms with van der Waals surface area (Å²) >= 11 is 0. The van der Waals surface area contributed by atoms with Crippen LogP contribution in [0.15, 0.2) is 0 Å². The lowest BCUT2D eigenvalue weighted by molar-refractivity contribution is -0.124. The molecule has 1 saturated heterocycles. The van der Waals surface area contributed by atoms with Crippen LogP contribution in [0.1, 0.15) is 52.4 Å². The van der Waals surface area contributed by atoms with Gasteiger partial charge in [0.1, 0.15) is 0 Å². The highest BCUT2D eigenvalue weighted by molar-refractivity contribution is 5.82. The van der Waals surface area contributed by atoms with Crippen LogP contribution in [0.5, 0.6) is 0 Å². The Bertz CT molecular complexity index is 251. The van der Waals surface area contributed by atoms with E-state index in [2.05, 4.69) is 24.5 Å². The van der Waals surface area contributed by atoms with Crippen molar-refractivity contribution in [3.63, 3.8) is 0 Å². The van der Waals surface area contributed by atoms with Crippen molar-refractivity contribution < 1.29 is 4.79 Å². The standard InChI is InChI=1S/C14H26N2O/c1-10-7-11(2)9-12(8-10)16-14(17)13-5-3-4-6-15-13/h10-13,15H,3-9H2,1-2H3,(H,16,17)/t10?,11?,12?,13-/m1/s1. The SMILES string of the molecule is CC1CC(C)CC(NC(=O)[C@H]2CCCCN2)C1. The fraction of sp³-hybridized carbons (Fsp3) is 0.929. The average molecular weight is 238 g/mol. The maximum Gasteiger partial charge on any atom is 0.237 e. The molecule has 0 bridgehead atoms. The summed E-state index contributed by atoms with van der Waals surface area (Å²) in [5.41, 5.74) is 0. The third-order valence-corrected chi connectivity index (χ3v) is 4.15. The second-order valence-corrected chi connectivity index (χ2v) is 6.13. The molecule has 98 valence electrons. The van der Waals surface area contributed by atoms with Crippen molar-refractivity contribution in [1.82, 2.24) is 10.6 Å². The van der Waals surface area contributed by atoms with Gasteiger partial charge in [0.2, 0.25) is 5.91 Å². The van der Waals surface area contributed by atoms with Crippen LogP contribution >= 0.6 is 0 Å². The number of amides is 1. The Balaban J connectivity index is 1.80. The Labute approximate surface area is 105 Å². The first-order chi connectivity index (χ1) is 8.15. The zero-order chi connectivity index (χ0) is 12.3. The zero-order valence-electron chi connectivity index (χ0n) is 11.2. The van der Waals surface area contributed by atoms with Gasteiger partial charge in [0, 0.05) is 6.04 Å². The summed E-state index contributed by atoms with van der Waals surface area (Å²) in [4.78, 5) is 12.1. The lowest BCUT2D eigenvalue weighted by Crippen LogP contribution is -2.50. The lowest BCUT2D eigenvalue weighted by Gasteiger charge is -2.33. The summed E-state index contributed by atoms with van der Waals surface area (Å²) in [6.45, 7) is 5.59. The summed E-state index contributed by atoms with van der Waals surface area (Å²) in [7, 11) is 0. The van der Waals surface area contributed by atoms with Crippen LogP contribution in [-0.2, 0) is 4.79 Å². The minimum Gasteiger partial charge on any atom is -0.352 e. The number of piperidine rings is 1. The van der Waals surface area contributed by atoms with Crippen LogP contribution in [0, 0.1) is 11.8 Å². The summed E-state index contributed by atoms with van der Waals surface area (Å²) in [6, 6.07) is 0.473. The van der Waals surface area contributed by atoms with Crippen molar-refractivity contribution >= 4 is 5.91 Å². The van der Waals surface area contributed by atoms with E-state index in [9.17, 15) is 4.79 Å². The maximum absolute atomic E-state index is 12.1. The molecule has 0 spiro atoms. The third-order valence-electron chi connectivity index (χ3n) is 4.15. The quantitative estimate of drug-likeness (QED) is 0.773. The molecular weight excluding hydrogens is 212 g/mol. The van der Waals surface area contributed by atoms with Gasteiger partial charge in [-0.3, -0.25) is 4.79 Å². The highest BCUT2D eigenvalue weighted by Crippen LogP contribution is 2.28. The van der Waals surface area contributed by atoms with Crippen LogP contribution < -0.4 is 10.6 Å². The Morgan fingerprint density at radius 1 is 1.12 bits per heavy atom. The van der Waals surface area contributed by atoms with E-state index in [1.54, 1.807) is 0 Å². The zero-order valence-corrected chi connectivity index (χ0v) is 11.2. The number of hydrogen-bond acceptors (Lipinski definition) is 2. The largest absolute Gasteiger partial charge is 0.352 e. The molecule has 17 heavy (non-hydrogen) atoms. The average Bonchev–Trinajstić information content (AvgIpc) is 2.28. The molecule has 1 heterocycles. The smallest absolute Gasteiger partial charge is 0.237 e. The molecule has 2 unspecified atom stereocenters. The molecule has 2 fully saturated rings. The summed E-state index contributed by atoms with van der Waals surface area (Å²) in [5, 5.41) is 6.57. The Morgan fingerprint density at radius 2 is 1.82 bits per heavy atom. The molecule has 1 saturated carbocycles. The van der Waals surface area contributed by atoms with Crippen molar-refractivity contribution in [1.29, 1.82) is 0 Å². The molecule has 3 heteroatoms. The second kappa shape index (κ2) is 5.85. The van der Waals surface area contributed by atoms with Gasteiger partial charge in [0.05, 0.1) is 6.04 Å². The number of carbonyl (C=O) groups excluding carboxylic acids is 1. The van der Waals surface area contributed by atoms with Crippen molar-refractivity contribution in [2.45, 2.75) is 64.5 Å². The van der Waals surface area contributed by atoms with Gasteiger partial charge < -0.3 is 10.6 Å². The summed E-state index contributed by atoms with van der Waals surface area (Å²) in [5.74, 6) is 1.74. The van der Waals surface area contributed by atoms with Gasteiger partial charge in [-0.25, -0.2) is 0 Å². The Hall–Kier alpha value is -0.570. The molecule has 1 amide bonds. The Kier molecular flexibility index (Phi) is 4.43. The van der Waals surface area contributed by atoms with Gasteiger partial charge in [-0.15, -0.1) is 0 Å². The number of carbonyl (C=O) groups is 1. The van der Waals surface area contributed by atoms with Gasteiger partial charge in [-0.1, -0.05) is 20.3 Å². The maximum atomic E-state index is 12.1. The Morgan fingerprint density at radius 3 is 2.41 bits per heavy atom. The van der Waals surface area contributed by atoms with Crippen molar-refractivity contribution in [3.8, 4) is 0 Å². The predicted octanol–water partition coefficient (Wildman–Crippen LogP) is 2.07. The number of hydrogen-bond donors (Lipinski definition) is 2. The first-order valence-electron chi connectivity index (χ1n) is 7.19. The van der Waals surface area contributed by atoms with E-state index in [0.29, 0.717) is 6.04 Å². The first kappa shape index (κ1) is 12.9. The molecule has 3 nitrogen and oxygen atoms in total. The van der Waals surface area contributed by atoms with Crippen molar-refractivity contribution in [3.05, 3.63) is 0 Å². The van der Waals surface area contributed by atoms with E-state index in [0.717, 1.165) is 37.6 Å². The monoisotopic (exact) mass is 238 g/mol. The topological polar surface area (TPSA) is 41.1 Å². The predicted molar refractivity (Wildman–Crippen MR) is 69.8 cm³/mol.